The topological polar surface area (TPSA) is 389 Å². The number of nitrogens with one attached hydrogen (secondary N) is 4. The van der Waals surface area contributed by atoms with Gasteiger partial charge >= 0.3 is 17.9 Å². The summed E-state index contributed by atoms with van der Waals surface area (Å²) in [5.41, 5.74) is 0. The summed E-state index contributed by atoms with van der Waals surface area (Å²) < 4.78 is 53.4. The molecular formula is C79H144N4O24. The third-order valence-corrected chi connectivity index (χ3v) is 17.1. The highest BCUT2D eigenvalue weighted by Gasteiger charge is 2.22. The van der Waals surface area contributed by atoms with Crippen molar-refractivity contribution in [3.05, 3.63) is 0 Å². The zero-order valence-electron chi connectivity index (χ0n) is 66.3. The van der Waals surface area contributed by atoms with Gasteiger partial charge in [0.15, 0.2) is 17.3 Å². The number of ketones is 4. The van der Waals surface area contributed by atoms with Crippen molar-refractivity contribution < 1.29 is 115 Å². The lowest BCUT2D eigenvalue weighted by Gasteiger charge is -2.12. The number of hydrogen-bond donors (Lipinski definition) is 7. The van der Waals surface area contributed by atoms with Crippen molar-refractivity contribution in [2.75, 3.05) is 158 Å². The first kappa shape index (κ1) is 104. The molecule has 0 rings (SSSR count). The van der Waals surface area contributed by atoms with Crippen LogP contribution in [-0.4, -0.2) is 238 Å². The Morgan fingerprint density at radius 2 is 0.514 bits per heavy atom. The van der Waals surface area contributed by atoms with Crippen LogP contribution in [0.4, 0.5) is 0 Å². The van der Waals surface area contributed by atoms with Gasteiger partial charge in [-0.25, -0.2) is 0 Å². The Bertz CT molecular complexity index is 2230. The molecule has 0 aliphatic rings. The maximum Gasteiger partial charge on any atom is 0.306 e. The van der Waals surface area contributed by atoms with Crippen LogP contribution in [0.15, 0.2) is 0 Å². The number of amides is 4. The predicted octanol–water partition coefficient (Wildman–Crippen LogP) is 10.5. The van der Waals surface area contributed by atoms with Gasteiger partial charge in [0.25, 0.3) is 0 Å². The van der Waals surface area contributed by atoms with E-state index in [0.717, 1.165) is 77.0 Å². The summed E-state index contributed by atoms with van der Waals surface area (Å²) in [6, 6.07) is 0. The number of hydrogen-bond acceptors (Lipinski definition) is 21. The molecule has 0 heterocycles. The van der Waals surface area contributed by atoms with Gasteiger partial charge < -0.3 is 84.0 Å². The normalized spacial score (nSPS) is 11.5. The van der Waals surface area contributed by atoms with Gasteiger partial charge in [0.2, 0.25) is 23.6 Å². The molecule has 0 saturated carbocycles. The number of carbonyl (C=O) groups is 11. The third kappa shape index (κ3) is 82.9. The van der Waals surface area contributed by atoms with Crippen molar-refractivity contribution >= 4 is 64.7 Å². The van der Waals surface area contributed by atoms with E-state index >= 15 is 0 Å². The highest BCUT2D eigenvalue weighted by atomic mass is 16.5. The standard InChI is InChI=1S/C46H82N2O15.C33H62N2O9/c1-38(2)42(51)36-62-32-30-60-27-24-48-44(53)37-63-33-28-58-25-17-19-41(50)35-61-31-29-59-26-23-47-43(52)22-21-39(46(56)57)34-40(49)18-15-13-11-9-7-5-3-4-6-8-10-12-14-16-20-45(54)55;1-29(2)30(36)27-43-25-23-42-22-20-35-32(38)28-44-26-24-41-21-19-34-31(37)17-15-13-11-9-7-5-3-4-6-8-10-12-14-16-18-33(39)40/h38-39H,3-37H2,1-2H3,(H,47,52)(H,48,53)(H,54,55)(H,56,57);29H,3-28H2,1-2H3,(H,34,37)(H,35,38)(H,39,40)/t39-;/m1./s1. The van der Waals surface area contributed by atoms with Crippen LogP contribution in [0.3, 0.4) is 0 Å². The van der Waals surface area contributed by atoms with Crippen LogP contribution in [-0.2, 0) is 100 Å². The van der Waals surface area contributed by atoms with Crippen molar-refractivity contribution in [2.45, 2.75) is 265 Å². The van der Waals surface area contributed by atoms with Crippen molar-refractivity contribution in [3.63, 3.8) is 0 Å². The molecule has 4 amide bonds. The lowest BCUT2D eigenvalue weighted by molar-refractivity contribution is -0.144. The quantitative estimate of drug-likeness (QED) is 0.0278. The summed E-state index contributed by atoms with van der Waals surface area (Å²) in [7, 11) is 0. The highest BCUT2D eigenvalue weighted by molar-refractivity contribution is 5.85. The lowest BCUT2D eigenvalue weighted by Crippen LogP contribution is -2.31. The van der Waals surface area contributed by atoms with Gasteiger partial charge in [-0.1, -0.05) is 182 Å². The van der Waals surface area contributed by atoms with Crippen molar-refractivity contribution in [2.24, 2.45) is 17.8 Å². The average molecular weight is 1530 g/mol. The Labute approximate surface area is 640 Å². The van der Waals surface area contributed by atoms with E-state index in [1.54, 1.807) is 0 Å². The predicted molar refractivity (Wildman–Crippen MR) is 407 cm³/mol. The summed E-state index contributed by atoms with van der Waals surface area (Å²) in [6.07, 6.45) is 33.9. The van der Waals surface area contributed by atoms with Gasteiger partial charge in [-0.05, 0) is 38.5 Å². The Morgan fingerprint density at radius 3 is 0.841 bits per heavy atom. The molecular weight excluding hydrogens is 1390 g/mol. The van der Waals surface area contributed by atoms with Crippen molar-refractivity contribution in [1.82, 2.24) is 21.3 Å². The Morgan fingerprint density at radius 1 is 0.252 bits per heavy atom. The molecule has 0 aliphatic carbocycles. The summed E-state index contributed by atoms with van der Waals surface area (Å²) in [5, 5.41) is 37.8. The van der Waals surface area contributed by atoms with Crippen LogP contribution in [0, 0.1) is 17.8 Å². The molecule has 0 aromatic rings. The molecule has 28 nitrogen and oxygen atoms in total. The van der Waals surface area contributed by atoms with E-state index in [1.807, 2.05) is 27.7 Å². The number of carbonyl (C=O) groups excluding carboxylic acids is 8. The summed E-state index contributed by atoms with van der Waals surface area (Å²) in [6.45, 7) is 13.3. The van der Waals surface area contributed by atoms with Gasteiger partial charge in [0, 0.05) is 89.6 Å². The fraction of sp³-hybridized carbons (Fsp3) is 0.861. The molecule has 0 fully saturated rings. The minimum Gasteiger partial charge on any atom is -0.481 e. The van der Waals surface area contributed by atoms with E-state index in [9.17, 15) is 57.8 Å². The van der Waals surface area contributed by atoms with E-state index in [4.69, 9.17) is 57.6 Å². The molecule has 0 unspecified atom stereocenters. The van der Waals surface area contributed by atoms with Crippen LogP contribution < -0.4 is 21.3 Å². The molecule has 0 saturated heterocycles. The second-order valence-electron chi connectivity index (χ2n) is 27.6. The third-order valence-electron chi connectivity index (χ3n) is 17.1. The average Bonchev–Trinajstić information content (AvgIpc) is 0.952. The van der Waals surface area contributed by atoms with Gasteiger partial charge in [0.05, 0.1) is 98.4 Å². The van der Waals surface area contributed by atoms with Gasteiger partial charge in [-0.3, -0.25) is 52.7 Å². The van der Waals surface area contributed by atoms with E-state index in [1.165, 1.54) is 103 Å². The number of Topliss-reactive ketones (excluding diaryl/α,β-unsaturated/α-hetero) is 4. The second-order valence-corrected chi connectivity index (χ2v) is 27.6. The second kappa shape index (κ2) is 80.1. The summed E-state index contributed by atoms with van der Waals surface area (Å²) in [5.74, 6) is -4.25. The van der Waals surface area contributed by atoms with Crippen LogP contribution in [0.25, 0.3) is 0 Å². The molecule has 28 heteroatoms. The van der Waals surface area contributed by atoms with Gasteiger partial charge in [-0.2, -0.15) is 0 Å². The summed E-state index contributed by atoms with van der Waals surface area (Å²) in [4.78, 5) is 128. The first-order valence-electron chi connectivity index (χ1n) is 40.3. The molecule has 7 N–H and O–H groups in total. The molecule has 624 valence electrons. The van der Waals surface area contributed by atoms with Crippen LogP contribution in [0.5, 0.6) is 0 Å². The Balaban J connectivity index is 0. The SMILES string of the molecule is CC(C)C(=O)COCCOCCNC(=O)COCCOCCCC(=O)COCCOCCNC(=O)CC[C@H](CC(=O)CCCCCCCCCCCCCCCCC(=O)O)C(=O)O.CC(C)C(=O)COCCOCCNC(=O)COCCOCCNC(=O)CCCCCCCCCCCCCCCCC(=O)O. The molecule has 107 heavy (non-hydrogen) atoms. The van der Waals surface area contributed by atoms with Gasteiger partial charge in [0.1, 0.15) is 38.8 Å². The zero-order chi connectivity index (χ0) is 79.1. The molecule has 0 aliphatic heterocycles. The molecule has 1 atom stereocenters. The largest absolute Gasteiger partial charge is 0.481 e. The Hall–Kier alpha value is -5.43. The van der Waals surface area contributed by atoms with Crippen molar-refractivity contribution in [3.8, 4) is 0 Å². The van der Waals surface area contributed by atoms with E-state index in [-0.39, 0.29) is 157 Å². The minimum absolute atomic E-state index is 0.00210. The van der Waals surface area contributed by atoms with Crippen LogP contribution in [0.1, 0.15) is 265 Å². The minimum atomic E-state index is -1.07. The van der Waals surface area contributed by atoms with Gasteiger partial charge in [-0.15, -0.1) is 0 Å². The fourth-order valence-corrected chi connectivity index (χ4v) is 10.5. The maximum atomic E-state index is 12.4. The Kier molecular flexibility index (Phi) is 77.6. The fourth-order valence-electron chi connectivity index (χ4n) is 10.5. The molecule has 0 aromatic heterocycles. The first-order chi connectivity index (χ1) is 51.7. The molecule has 0 spiro atoms. The summed E-state index contributed by atoms with van der Waals surface area (Å²) >= 11 is 0. The monoisotopic (exact) mass is 1530 g/mol. The maximum absolute atomic E-state index is 12.4. The number of rotatable bonds is 83. The molecule has 0 bridgehead atoms. The van der Waals surface area contributed by atoms with Crippen LogP contribution in [0.2, 0.25) is 0 Å². The van der Waals surface area contributed by atoms with E-state index in [0.29, 0.717) is 118 Å². The lowest BCUT2D eigenvalue weighted by atomic mass is 9.94. The zero-order valence-corrected chi connectivity index (χ0v) is 66.3. The van der Waals surface area contributed by atoms with Crippen LogP contribution >= 0.6 is 0 Å². The first-order valence-corrected chi connectivity index (χ1v) is 40.3. The smallest absolute Gasteiger partial charge is 0.306 e. The highest BCUT2D eigenvalue weighted by Crippen LogP contribution is 2.18. The number of unbranched alkanes of at least 4 members (excludes halogenated alkanes) is 26. The number of aliphatic carboxylic acids is 3. The molecule has 0 radical (unpaired) electrons. The van der Waals surface area contributed by atoms with E-state index in [2.05, 4.69) is 21.3 Å². The number of carboxylic acid groups (broad SMARTS) is 3. The van der Waals surface area contributed by atoms with E-state index < -0.39 is 23.8 Å². The van der Waals surface area contributed by atoms with Crippen molar-refractivity contribution in [1.29, 1.82) is 0 Å². The number of carboxylic acids is 3. The number of ether oxygens (including phenoxy) is 10. The molecule has 0 aromatic carbocycles.